The number of aromatic amines is 2. The SMILES string of the molecule is CC1(c2cccc(CCC(=O)O)c2)CCCCCc2cnc(o2)Cc2c(c(F)cc3[nH]ccc23)Oc2ccc(F)c(c2)-c2ncc1[nH]2. The number of benzene rings is 3. The number of H-pyrrole nitrogens is 2. The summed E-state index contributed by atoms with van der Waals surface area (Å²) in [4.78, 5) is 26.8. The van der Waals surface area contributed by atoms with Gasteiger partial charge in [0.1, 0.15) is 23.2 Å². The number of imidazole rings is 1. The van der Waals surface area contributed by atoms with Gasteiger partial charge in [0.15, 0.2) is 17.5 Å². The molecule has 6 aromatic rings. The molecule has 1 aliphatic heterocycles. The second kappa shape index (κ2) is 12.5. The monoisotopic (exact) mass is 636 g/mol. The van der Waals surface area contributed by atoms with Crippen LogP contribution in [0.25, 0.3) is 22.3 Å². The van der Waals surface area contributed by atoms with Crippen molar-refractivity contribution in [2.75, 3.05) is 0 Å². The summed E-state index contributed by atoms with van der Waals surface area (Å²) in [6, 6.07) is 15.5. The van der Waals surface area contributed by atoms with Gasteiger partial charge in [-0.1, -0.05) is 37.1 Å². The second-order valence-corrected chi connectivity index (χ2v) is 12.4. The van der Waals surface area contributed by atoms with Crippen LogP contribution in [0.5, 0.6) is 11.5 Å². The van der Waals surface area contributed by atoms with E-state index >= 15 is 8.78 Å². The Morgan fingerprint density at radius 2 is 1.91 bits per heavy atom. The Labute approximate surface area is 269 Å². The summed E-state index contributed by atoms with van der Waals surface area (Å²) in [5.74, 6) is -0.121. The van der Waals surface area contributed by atoms with Crippen LogP contribution in [0.15, 0.2) is 77.6 Å². The first-order valence-electron chi connectivity index (χ1n) is 15.8. The normalized spacial score (nSPS) is 16.9. The second-order valence-electron chi connectivity index (χ2n) is 12.4. The van der Waals surface area contributed by atoms with Gasteiger partial charge in [-0.3, -0.25) is 4.79 Å². The molecular weight excluding hydrogens is 602 g/mol. The van der Waals surface area contributed by atoms with Crippen LogP contribution in [0.1, 0.15) is 73.1 Å². The number of aromatic nitrogens is 4. The molecule has 0 fully saturated rings. The minimum atomic E-state index is -0.845. The molecule has 240 valence electrons. The minimum Gasteiger partial charge on any atom is -0.481 e. The average molecular weight is 637 g/mol. The van der Waals surface area contributed by atoms with Crippen LogP contribution in [0.3, 0.4) is 0 Å². The van der Waals surface area contributed by atoms with Gasteiger partial charge in [-0.15, -0.1) is 0 Å². The topological polar surface area (TPSA) is 117 Å². The highest BCUT2D eigenvalue weighted by atomic mass is 19.1. The Morgan fingerprint density at radius 3 is 2.79 bits per heavy atom. The summed E-state index contributed by atoms with van der Waals surface area (Å²) in [6.07, 6.45) is 10.0. The smallest absolute Gasteiger partial charge is 0.303 e. The van der Waals surface area contributed by atoms with E-state index in [1.165, 1.54) is 24.3 Å². The van der Waals surface area contributed by atoms with Crippen LogP contribution in [0.2, 0.25) is 0 Å². The lowest BCUT2D eigenvalue weighted by atomic mass is 9.75. The first-order valence-corrected chi connectivity index (χ1v) is 15.8. The zero-order valence-corrected chi connectivity index (χ0v) is 25.9. The number of carboxylic acids is 1. The van der Waals surface area contributed by atoms with E-state index in [0.717, 1.165) is 53.7 Å². The number of rotatable bonds is 4. The lowest BCUT2D eigenvalue weighted by molar-refractivity contribution is -0.136. The summed E-state index contributed by atoms with van der Waals surface area (Å²) < 4.78 is 43.3. The van der Waals surface area contributed by atoms with Crippen molar-refractivity contribution in [3.63, 3.8) is 0 Å². The molecule has 1 atom stereocenters. The number of nitrogens with one attached hydrogen (secondary N) is 2. The van der Waals surface area contributed by atoms with Crippen molar-refractivity contribution >= 4 is 16.9 Å². The Bertz CT molecular complexity index is 2080. The molecule has 3 N–H and O–H groups in total. The number of carbonyl (C=O) groups is 1. The molecule has 1 unspecified atom stereocenters. The molecule has 0 spiro atoms. The predicted octanol–water partition coefficient (Wildman–Crippen LogP) is 8.65. The molecule has 4 heterocycles. The maximum absolute atomic E-state index is 15.6. The Kier molecular flexibility index (Phi) is 8.09. The van der Waals surface area contributed by atoms with Crippen LogP contribution in [0, 0.1) is 11.6 Å². The number of hydrogen-bond acceptors (Lipinski definition) is 5. The van der Waals surface area contributed by atoms with Crippen LogP contribution in [-0.2, 0) is 29.5 Å². The van der Waals surface area contributed by atoms with Gasteiger partial charge in [-0.2, -0.15) is 0 Å². The number of oxazole rings is 1. The van der Waals surface area contributed by atoms with Crippen molar-refractivity contribution in [3.05, 3.63) is 119 Å². The first kappa shape index (κ1) is 30.4. The third kappa shape index (κ3) is 6.15. The van der Waals surface area contributed by atoms with Gasteiger partial charge in [-0.25, -0.2) is 18.7 Å². The number of aryl methyl sites for hydroxylation is 2. The van der Waals surface area contributed by atoms with Crippen molar-refractivity contribution in [2.45, 2.75) is 63.7 Å². The molecule has 0 amide bonds. The van der Waals surface area contributed by atoms with E-state index in [1.807, 2.05) is 24.3 Å². The van der Waals surface area contributed by atoms with E-state index in [4.69, 9.17) is 9.15 Å². The van der Waals surface area contributed by atoms with Crippen LogP contribution in [-0.4, -0.2) is 31.0 Å². The quantitative estimate of drug-likeness (QED) is 0.178. The molecule has 3 aromatic heterocycles. The van der Waals surface area contributed by atoms with Crippen molar-refractivity contribution in [1.29, 1.82) is 0 Å². The highest BCUT2D eigenvalue weighted by molar-refractivity contribution is 5.86. The third-order valence-corrected chi connectivity index (χ3v) is 9.17. The predicted molar refractivity (Wildman–Crippen MR) is 173 cm³/mol. The van der Waals surface area contributed by atoms with E-state index in [-0.39, 0.29) is 29.9 Å². The fourth-order valence-electron chi connectivity index (χ4n) is 6.52. The summed E-state index contributed by atoms with van der Waals surface area (Å²) in [6.45, 7) is 2.13. The molecule has 0 saturated heterocycles. The minimum absolute atomic E-state index is 0.0165. The van der Waals surface area contributed by atoms with Gasteiger partial charge in [0, 0.05) is 58.9 Å². The molecule has 8 nitrogen and oxygen atoms in total. The highest BCUT2D eigenvalue weighted by Gasteiger charge is 2.31. The number of carboxylic acid groups (broad SMARTS) is 1. The fraction of sp³-hybridized carbons (Fsp3) is 0.270. The van der Waals surface area contributed by atoms with Gasteiger partial charge < -0.3 is 24.2 Å². The number of halogens is 2. The van der Waals surface area contributed by atoms with Gasteiger partial charge in [0.2, 0.25) is 0 Å². The molecule has 0 aliphatic carbocycles. The summed E-state index contributed by atoms with van der Waals surface area (Å²) >= 11 is 0. The Morgan fingerprint density at radius 1 is 1.02 bits per heavy atom. The number of aliphatic carboxylic acids is 1. The summed E-state index contributed by atoms with van der Waals surface area (Å²) in [5.41, 5.74) is 3.60. The Hall–Kier alpha value is -5.25. The molecule has 7 rings (SSSR count). The fourth-order valence-corrected chi connectivity index (χ4v) is 6.52. The number of ether oxygens (including phenoxy) is 1. The number of hydrogen-bond donors (Lipinski definition) is 3. The first-order chi connectivity index (χ1) is 22.8. The van der Waals surface area contributed by atoms with E-state index in [2.05, 4.69) is 32.9 Å². The van der Waals surface area contributed by atoms with Crippen LogP contribution in [0.4, 0.5) is 8.78 Å². The van der Waals surface area contributed by atoms with E-state index in [1.54, 1.807) is 18.6 Å². The summed E-state index contributed by atoms with van der Waals surface area (Å²) in [7, 11) is 0. The lowest BCUT2D eigenvalue weighted by Crippen LogP contribution is -2.24. The maximum Gasteiger partial charge on any atom is 0.303 e. The van der Waals surface area contributed by atoms with Gasteiger partial charge in [-0.05, 0) is 61.6 Å². The lowest BCUT2D eigenvalue weighted by Gasteiger charge is -2.30. The molecular formula is C37H34F2N4O4. The van der Waals surface area contributed by atoms with E-state index < -0.39 is 23.0 Å². The van der Waals surface area contributed by atoms with Gasteiger partial charge in [0.05, 0.1) is 18.2 Å². The number of nitrogens with zero attached hydrogens (tertiary/aromatic N) is 2. The average Bonchev–Trinajstić information content (AvgIpc) is 3.84. The van der Waals surface area contributed by atoms with Crippen LogP contribution < -0.4 is 4.74 Å². The highest BCUT2D eigenvalue weighted by Crippen LogP contribution is 2.40. The molecule has 6 bridgehead atoms. The Balaban J connectivity index is 1.31. The van der Waals surface area contributed by atoms with Crippen molar-refractivity contribution in [1.82, 2.24) is 19.9 Å². The van der Waals surface area contributed by atoms with Gasteiger partial charge >= 0.3 is 5.97 Å². The molecule has 0 saturated carbocycles. The van der Waals surface area contributed by atoms with E-state index in [9.17, 15) is 9.90 Å². The standard InChI is InChI=1S/C37H34F2N4O4/c1-37(23-7-5-6-22(16-23)9-12-34(44)45)14-4-2-3-8-25-20-41-33(46-25)18-27-26-13-15-40-31(26)19-30(39)35(27)47-24-10-11-29(38)28(17-24)36-42-21-32(37)43-36/h5-7,10-11,13,15-17,19-21,40H,2-4,8-9,12,14,18H2,1H3,(H,42,43)(H,44,45). The molecule has 1 aliphatic rings. The molecule has 0 radical (unpaired) electrons. The summed E-state index contributed by atoms with van der Waals surface area (Å²) in [5, 5.41) is 10.0. The zero-order valence-electron chi connectivity index (χ0n) is 25.9. The maximum atomic E-state index is 15.6. The van der Waals surface area contributed by atoms with Crippen LogP contribution >= 0.6 is 0 Å². The molecule has 10 heteroatoms. The van der Waals surface area contributed by atoms with Crippen molar-refractivity contribution in [3.8, 4) is 22.9 Å². The third-order valence-electron chi connectivity index (χ3n) is 9.17. The molecule has 3 aromatic carbocycles. The van der Waals surface area contributed by atoms with Crippen molar-refractivity contribution < 1.29 is 27.8 Å². The zero-order chi connectivity index (χ0) is 32.5. The van der Waals surface area contributed by atoms with Crippen molar-refractivity contribution in [2.24, 2.45) is 0 Å². The number of fused-ring (bicyclic) bond motifs is 10. The largest absolute Gasteiger partial charge is 0.481 e. The molecule has 47 heavy (non-hydrogen) atoms. The van der Waals surface area contributed by atoms with Gasteiger partial charge in [0.25, 0.3) is 0 Å². The van der Waals surface area contributed by atoms with E-state index in [0.29, 0.717) is 35.6 Å².